The SMILES string of the molecule is CCNCC(CC)(CC)CCCSC. The molecule has 0 saturated heterocycles. The molecule has 0 fully saturated rings. The Hall–Kier alpha value is 0.310. The minimum atomic E-state index is 0.561. The van der Waals surface area contributed by atoms with Crippen molar-refractivity contribution in [2.24, 2.45) is 5.41 Å². The van der Waals surface area contributed by atoms with Crippen LogP contribution >= 0.6 is 11.8 Å². The van der Waals surface area contributed by atoms with Gasteiger partial charge in [0.25, 0.3) is 0 Å². The fraction of sp³-hybridized carbons (Fsp3) is 1.00. The number of hydrogen-bond donors (Lipinski definition) is 1. The molecule has 0 bridgehead atoms. The highest BCUT2D eigenvalue weighted by atomic mass is 32.2. The third-order valence-electron chi connectivity index (χ3n) is 3.31. The number of nitrogens with one attached hydrogen (secondary N) is 1. The van der Waals surface area contributed by atoms with E-state index in [0.717, 1.165) is 6.54 Å². The molecule has 0 aliphatic rings. The van der Waals surface area contributed by atoms with Gasteiger partial charge >= 0.3 is 0 Å². The second-order valence-corrected chi connectivity index (χ2v) is 5.07. The van der Waals surface area contributed by atoms with E-state index in [1.54, 1.807) is 0 Å². The van der Waals surface area contributed by atoms with Gasteiger partial charge in [-0.2, -0.15) is 11.8 Å². The molecule has 1 nitrogen and oxygen atoms in total. The molecule has 0 heterocycles. The van der Waals surface area contributed by atoms with Gasteiger partial charge in [0.05, 0.1) is 0 Å². The van der Waals surface area contributed by atoms with Gasteiger partial charge in [-0.25, -0.2) is 0 Å². The summed E-state index contributed by atoms with van der Waals surface area (Å²) in [7, 11) is 0. The summed E-state index contributed by atoms with van der Waals surface area (Å²) in [5.41, 5.74) is 0.561. The van der Waals surface area contributed by atoms with Crippen molar-refractivity contribution in [2.45, 2.75) is 46.5 Å². The van der Waals surface area contributed by atoms with Crippen molar-refractivity contribution in [1.82, 2.24) is 5.32 Å². The van der Waals surface area contributed by atoms with Crippen LogP contribution in [0.15, 0.2) is 0 Å². The molecule has 0 saturated carbocycles. The van der Waals surface area contributed by atoms with Crippen LogP contribution in [0.4, 0.5) is 0 Å². The number of hydrogen-bond acceptors (Lipinski definition) is 2. The predicted molar refractivity (Wildman–Crippen MR) is 69.2 cm³/mol. The van der Waals surface area contributed by atoms with Crippen LogP contribution in [0.5, 0.6) is 0 Å². The summed E-state index contributed by atoms with van der Waals surface area (Å²) < 4.78 is 0. The van der Waals surface area contributed by atoms with E-state index in [0.29, 0.717) is 5.41 Å². The van der Waals surface area contributed by atoms with E-state index < -0.39 is 0 Å². The second kappa shape index (κ2) is 8.60. The normalized spacial score (nSPS) is 12.0. The zero-order chi connectivity index (χ0) is 10.9. The number of thioether (sulfide) groups is 1. The molecule has 0 unspecified atom stereocenters. The summed E-state index contributed by atoms with van der Waals surface area (Å²) in [5.74, 6) is 1.31. The van der Waals surface area contributed by atoms with Crippen LogP contribution in [-0.2, 0) is 0 Å². The molecule has 0 amide bonds. The maximum Gasteiger partial charge on any atom is 0.000749 e. The van der Waals surface area contributed by atoms with E-state index >= 15 is 0 Å². The Kier molecular flexibility index (Phi) is 8.80. The molecule has 14 heavy (non-hydrogen) atoms. The van der Waals surface area contributed by atoms with E-state index in [-0.39, 0.29) is 0 Å². The van der Waals surface area contributed by atoms with Crippen LogP contribution in [-0.4, -0.2) is 25.1 Å². The minimum absolute atomic E-state index is 0.561. The largest absolute Gasteiger partial charge is 0.316 e. The van der Waals surface area contributed by atoms with Gasteiger partial charge in [-0.1, -0.05) is 20.8 Å². The van der Waals surface area contributed by atoms with Crippen molar-refractivity contribution in [1.29, 1.82) is 0 Å². The summed E-state index contributed by atoms with van der Waals surface area (Å²) in [6.45, 7) is 9.16. The monoisotopic (exact) mass is 217 g/mol. The van der Waals surface area contributed by atoms with Crippen LogP contribution in [0.1, 0.15) is 46.5 Å². The third kappa shape index (κ3) is 5.26. The molecule has 0 spiro atoms. The van der Waals surface area contributed by atoms with E-state index in [4.69, 9.17) is 0 Å². The average Bonchev–Trinajstić information content (AvgIpc) is 2.24. The molecular weight excluding hydrogens is 190 g/mol. The van der Waals surface area contributed by atoms with E-state index in [1.165, 1.54) is 38.0 Å². The predicted octanol–water partition coefficient (Wildman–Crippen LogP) is 3.55. The topological polar surface area (TPSA) is 12.0 Å². The fourth-order valence-corrected chi connectivity index (χ4v) is 2.36. The number of rotatable bonds is 9. The van der Waals surface area contributed by atoms with Crippen molar-refractivity contribution >= 4 is 11.8 Å². The first-order chi connectivity index (χ1) is 6.74. The molecule has 1 N–H and O–H groups in total. The van der Waals surface area contributed by atoms with Gasteiger partial charge in [0.15, 0.2) is 0 Å². The van der Waals surface area contributed by atoms with Crippen LogP contribution in [0.3, 0.4) is 0 Å². The third-order valence-corrected chi connectivity index (χ3v) is 4.00. The van der Waals surface area contributed by atoms with Gasteiger partial charge in [-0.15, -0.1) is 0 Å². The van der Waals surface area contributed by atoms with Gasteiger partial charge in [-0.05, 0) is 49.7 Å². The second-order valence-electron chi connectivity index (χ2n) is 4.08. The Morgan fingerprint density at radius 1 is 1.14 bits per heavy atom. The first-order valence-corrected chi connectivity index (χ1v) is 7.33. The van der Waals surface area contributed by atoms with E-state index in [9.17, 15) is 0 Å². The molecule has 0 aliphatic heterocycles. The van der Waals surface area contributed by atoms with Crippen molar-refractivity contribution in [3.8, 4) is 0 Å². The van der Waals surface area contributed by atoms with E-state index in [2.05, 4.69) is 32.3 Å². The lowest BCUT2D eigenvalue weighted by Crippen LogP contribution is -2.33. The van der Waals surface area contributed by atoms with Crippen LogP contribution < -0.4 is 5.32 Å². The minimum Gasteiger partial charge on any atom is -0.316 e. The highest BCUT2D eigenvalue weighted by Crippen LogP contribution is 2.31. The summed E-state index contributed by atoms with van der Waals surface area (Å²) >= 11 is 1.97. The standard InChI is InChI=1S/C12H27NS/c1-5-12(6-2,11-13-7-3)9-8-10-14-4/h13H,5-11H2,1-4H3. The van der Waals surface area contributed by atoms with Crippen LogP contribution in [0.25, 0.3) is 0 Å². The van der Waals surface area contributed by atoms with E-state index in [1.807, 2.05) is 11.8 Å². The van der Waals surface area contributed by atoms with Crippen molar-refractivity contribution < 1.29 is 0 Å². The molecule has 0 aromatic heterocycles. The van der Waals surface area contributed by atoms with Crippen LogP contribution in [0.2, 0.25) is 0 Å². The Balaban J connectivity index is 3.94. The lowest BCUT2D eigenvalue weighted by molar-refractivity contribution is 0.228. The highest BCUT2D eigenvalue weighted by molar-refractivity contribution is 7.98. The van der Waals surface area contributed by atoms with Crippen LogP contribution in [0, 0.1) is 5.41 Å². The highest BCUT2D eigenvalue weighted by Gasteiger charge is 2.24. The zero-order valence-electron chi connectivity index (χ0n) is 10.4. The molecule has 0 aromatic carbocycles. The van der Waals surface area contributed by atoms with Gasteiger partial charge < -0.3 is 5.32 Å². The molecule has 0 aliphatic carbocycles. The molecule has 2 heteroatoms. The first-order valence-electron chi connectivity index (χ1n) is 5.94. The average molecular weight is 217 g/mol. The van der Waals surface area contributed by atoms with Crippen molar-refractivity contribution in [3.63, 3.8) is 0 Å². The maximum absolute atomic E-state index is 3.51. The van der Waals surface area contributed by atoms with Gasteiger partial charge in [-0.3, -0.25) is 0 Å². The zero-order valence-corrected chi connectivity index (χ0v) is 11.2. The Morgan fingerprint density at radius 2 is 1.79 bits per heavy atom. The summed E-state index contributed by atoms with van der Waals surface area (Å²) in [5, 5.41) is 3.51. The molecule has 0 radical (unpaired) electrons. The van der Waals surface area contributed by atoms with Gasteiger partial charge in [0.1, 0.15) is 0 Å². The lowest BCUT2D eigenvalue weighted by atomic mass is 9.78. The Morgan fingerprint density at radius 3 is 2.21 bits per heavy atom. The molecule has 0 atom stereocenters. The summed E-state index contributed by atoms with van der Waals surface area (Å²) in [4.78, 5) is 0. The molecular formula is C12H27NS. The Labute approximate surface area is 94.4 Å². The Bertz CT molecular complexity index is 121. The maximum atomic E-state index is 3.51. The quantitative estimate of drug-likeness (QED) is 0.593. The molecule has 0 aromatic rings. The fourth-order valence-electron chi connectivity index (χ4n) is 1.92. The first kappa shape index (κ1) is 14.3. The lowest BCUT2D eigenvalue weighted by Gasteiger charge is -2.32. The summed E-state index contributed by atoms with van der Waals surface area (Å²) in [6, 6.07) is 0. The summed E-state index contributed by atoms with van der Waals surface area (Å²) in [6.07, 6.45) is 7.57. The molecule has 86 valence electrons. The van der Waals surface area contributed by atoms with Crippen molar-refractivity contribution in [2.75, 3.05) is 25.1 Å². The van der Waals surface area contributed by atoms with Gasteiger partial charge in [0.2, 0.25) is 0 Å². The van der Waals surface area contributed by atoms with Crippen molar-refractivity contribution in [3.05, 3.63) is 0 Å². The van der Waals surface area contributed by atoms with Gasteiger partial charge in [0, 0.05) is 6.54 Å². The smallest absolute Gasteiger partial charge is 0.000749 e. The molecule has 0 rings (SSSR count).